The largest absolute Gasteiger partial charge is 0.497 e. The number of rotatable bonds is 8. The van der Waals surface area contributed by atoms with Crippen molar-refractivity contribution in [2.75, 3.05) is 11.8 Å². The monoisotopic (exact) mass is 472 g/mol. The fourth-order valence-electron chi connectivity index (χ4n) is 3.18. The molecule has 0 aliphatic carbocycles. The molecule has 2 N–H and O–H groups in total. The van der Waals surface area contributed by atoms with E-state index in [1.807, 2.05) is 38.1 Å². The number of carbonyl (C=O) groups is 1. The zero-order valence-corrected chi connectivity index (χ0v) is 19.6. The van der Waals surface area contributed by atoms with Gasteiger partial charge in [0.15, 0.2) is 0 Å². The van der Waals surface area contributed by atoms with E-state index in [4.69, 9.17) is 16.3 Å². The fourth-order valence-corrected chi connectivity index (χ4v) is 4.77. The molecule has 1 atom stereocenters. The smallest absolute Gasteiger partial charge is 0.263 e. The minimum Gasteiger partial charge on any atom is -0.497 e. The molecule has 0 fully saturated rings. The summed E-state index contributed by atoms with van der Waals surface area (Å²) in [5.41, 5.74) is 2.54. The maximum absolute atomic E-state index is 12.9. The highest BCUT2D eigenvalue weighted by Gasteiger charge is 2.22. The Kier molecular flexibility index (Phi) is 7.43. The summed E-state index contributed by atoms with van der Waals surface area (Å²) in [4.78, 5) is 12.7. The van der Waals surface area contributed by atoms with E-state index in [2.05, 4.69) is 10.0 Å². The van der Waals surface area contributed by atoms with Crippen LogP contribution >= 0.6 is 11.6 Å². The van der Waals surface area contributed by atoms with Crippen LogP contribution in [0.2, 0.25) is 5.02 Å². The van der Waals surface area contributed by atoms with Gasteiger partial charge in [0.05, 0.1) is 18.2 Å². The molecule has 0 unspecified atom stereocenters. The minimum absolute atomic E-state index is 0.0309. The highest BCUT2D eigenvalue weighted by atomic mass is 35.5. The Bertz CT molecular complexity index is 1190. The predicted octanol–water partition coefficient (Wildman–Crippen LogP) is 5.34. The van der Waals surface area contributed by atoms with Crippen LogP contribution < -0.4 is 14.8 Å². The van der Waals surface area contributed by atoms with Crippen LogP contribution in [0.15, 0.2) is 71.6 Å². The molecular weight excluding hydrogens is 448 g/mol. The van der Waals surface area contributed by atoms with Crippen molar-refractivity contribution in [2.24, 2.45) is 0 Å². The molecular formula is C24H25ClN2O4S. The van der Waals surface area contributed by atoms with E-state index in [1.54, 1.807) is 31.4 Å². The number of hydrogen-bond acceptors (Lipinski definition) is 4. The predicted molar refractivity (Wildman–Crippen MR) is 127 cm³/mol. The molecule has 0 aliphatic rings. The normalized spacial score (nSPS) is 12.1. The van der Waals surface area contributed by atoms with Crippen molar-refractivity contribution in [2.45, 2.75) is 31.2 Å². The number of anilines is 1. The van der Waals surface area contributed by atoms with Crippen LogP contribution in [-0.2, 0) is 10.0 Å². The highest BCUT2D eigenvalue weighted by molar-refractivity contribution is 7.92. The van der Waals surface area contributed by atoms with Gasteiger partial charge in [-0.25, -0.2) is 8.42 Å². The van der Waals surface area contributed by atoms with Gasteiger partial charge < -0.3 is 10.1 Å². The number of aryl methyl sites for hydroxylation is 1. The Labute approximate surface area is 193 Å². The number of benzene rings is 3. The van der Waals surface area contributed by atoms with E-state index in [9.17, 15) is 13.2 Å². The number of ether oxygens (including phenoxy) is 1. The average molecular weight is 473 g/mol. The van der Waals surface area contributed by atoms with E-state index in [0.29, 0.717) is 12.1 Å². The second-order valence-electron chi connectivity index (χ2n) is 7.32. The summed E-state index contributed by atoms with van der Waals surface area (Å²) in [7, 11) is -2.39. The summed E-state index contributed by atoms with van der Waals surface area (Å²) < 4.78 is 33.5. The number of amides is 1. The standard InChI is InChI=1S/C24H25ClN2O4S/c1-4-22(17-7-12-20(31-3)13-8-17)26-24(28)18-9-14-21(25)23(15-18)32(29,30)27-19-10-5-16(2)6-11-19/h5-15,22,27H,4H2,1-3H3,(H,26,28)/t22-/m0/s1. The van der Waals surface area contributed by atoms with Crippen molar-refractivity contribution in [3.63, 3.8) is 0 Å². The lowest BCUT2D eigenvalue weighted by molar-refractivity contribution is 0.0935. The molecule has 0 aromatic heterocycles. The molecule has 0 radical (unpaired) electrons. The molecule has 3 aromatic carbocycles. The van der Waals surface area contributed by atoms with Crippen LogP contribution in [0.1, 0.15) is 40.9 Å². The van der Waals surface area contributed by atoms with E-state index < -0.39 is 15.9 Å². The van der Waals surface area contributed by atoms with Crippen LogP contribution in [0, 0.1) is 6.92 Å². The maximum Gasteiger partial charge on any atom is 0.263 e. The lowest BCUT2D eigenvalue weighted by Crippen LogP contribution is -2.28. The summed E-state index contributed by atoms with van der Waals surface area (Å²) >= 11 is 6.17. The molecule has 3 rings (SSSR count). The van der Waals surface area contributed by atoms with Gasteiger partial charge in [-0.15, -0.1) is 0 Å². The topological polar surface area (TPSA) is 84.5 Å². The number of carbonyl (C=O) groups excluding carboxylic acids is 1. The summed E-state index contributed by atoms with van der Waals surface area (Å²) in [6.07, 6.45) is 0.659. The summed E-state index contributed by atoms with van der Waals surface area (Å²) in [5, 5.41) is 2.98. The number of methoxy groups -OCH3 is 1. The zero-order valence-electron chi connectivity index (χ0n) is 18.1. The van der Waals surface area contributed by atoms with E-state index in [0.717, 1.165) is 16.9 Å². The van der Waals surface area contributed by atoms with Gasteiger partial charge in [-0.3, -0.25) is 9.52 Å². The molecule has 3 aromatic rings. The van der Waals surface area contributed by atoms with E-state index >= 15 is 0 Å². The highest BCUT2D eigenvalue weighted by Crippen LogP contribution is 2.26. The van der Waals surface area contributed by atoms with Crippen molar-refractivity contribution in [1.82, 2.24) is 5.32 Å². The van der Waals surface area contributed by atoms with Crippen LogP contribution in [0.3, 0.4) is 0 Å². The fraction of sp³-hybridized carbons (Fsp3) is 0.208. The van der Waals surface area contributed by atoms with Crippen LogP contribution in [0.4, 0.5) is 5.69 Å². The van der Waals surface area contributed by atoms with E-state index in [1.165, 1.54) is 18.2 Å². The Morgan fingerprint density at radius 1 is 1.03 bits per heavy atom. The minimum atomic E-state index is -3.98. The number of nitrogens with one attached hydrogen (secondary N) is 2. The molecule has 0 aliphatic heterocycles. The molecule has 0 saturated carbocycles. The van der Waals surface area contributed by atoms with E-state index in [-0.39, 0.29) is 21.5 Å². The molecule has 0 bridgehead atoms. The van der Waals surface area contributed by atoms with Crippen molar-refractivity contribution < 1.29 is 17.9 Å². The molecule has 0 spiro atoms. The van der Waals surface area contributed by atoms with Gasteiger partial charge in [0.2, 0.25) is 0 Å². The average Bonchev–Trinajstić information content (AvgIpc) is 2.79. The van der Waals surface area contributed by atoms with Gasteiger partial charge >= 0.3 is 0 Å². The van der Waals surface area contributed by atoms with Crippen molar-refractivity contribution in [3.05, 3.63) is 88.4 Å². The quantitative estimate of drug-likeness (QED) is 0.463. The van der Waals surface area contributed by atoms with Gasteiger partial charge in [-0.1, -0.05) is 48.4 Å². The number of halogens is 1. The number of sulfonamides is 1. The third kappa shape index (κ3) is 5.60. The Balaban J connectivity index is 1.83. The SMILES string of the molecule is CC[C@H](NC(=O)c1ccc(Cl)c(S(=O)(=O)Nc2ccc(C)cc2)c1)c1ccc(OC)cc1. The molecule has 32 heavy (non-hydrogen) atoms. The van der Waals surface area contributed by atoms with Gasteiger partial charge in [-0.05, 0) is 61.4 Å². The molecule has 0 heterocycles. The first-order valence-corrected chi connectivity index (χ1v) is 11.9. The van der Waals surface area contributed by atoms with Crippen molar-refractivity contribution in [3.8, 4) is 5.75 Å². The van der Waals surface area contributed by atoms with Crippen molar-refractivity contribution >= 4 is 33.2 Å². The summed E-state index contributed by atoms with van der Waals surface area (Å²) in [5.74, 6) is 0.333. The van der Waals surface area contributed by atoms with Crippen LogP contribution in [0.5, 0.6) is 5.75 Å². The molecule has 0 saturated heterocycles. The second-order valence-corrected chi connectivity index (χ2v) is 9.38. The van der Waals surface area contributed by atoms with Crippen LogP contribution in [0.25, 0.3) is 0 Å². The summed E-state index contributed by atoms with van der Waals surface area (Å²) in [6, 6.07) is 18.3. The van der Waals surface area contributed by atoms with Gasteiger partial charge in [0.25, 0.3) is 15.9 Å². The lowest BCUT2D eigenvalue weighted by atomic mass is 10.0. The third-order valence-electron chi connectivity index (χ3n) is 5.02. The Hall–Kier alpha value is -3.03. The Morgan fingerprint density at radius 3 is 2.28 bits per heavy atom. The summed E-state index contributed by atoms with van der Waals surface area (Å²) in [6.45, 7) is 3.87. The zero-order chi connectivity index (χ0) is 23.3. The second kappa shape index (κ2) is 10.1. The lowest BCUT2D eigenvalue weighted by Gasteiger charge is -2.18. The third-order valence-corrected chi connectivity index (χ3v) is 6.88. The van der Waals surface area contributed by atoms with Crippen LogP contribution in [-0.4, -0.2) is 21.4 Å². The molecule has 6 nitrogen and oxygen atoms in total. The molecule has 1 amide bonds. The maximum atomic E-state index is 12.9. The molecule has 168 valence electrons. The Morgan fingerprint density at radius 2 is 1.69 bits per heavy atom. The first kappa shape index (κ1) is 23.6. The van der Waals surface area contributed by atoms with Gasteiger partial charge in [0.1, 0.15) is 10.6 Å². The van der Waals surface area contributed by atoms with Gasteiger partial charge in [0, 0.05) is 11.3 Å². The number of hydrogen-bond donors (Lipinski definition) is 2. The molecule has 8 heteroatoms. The van der Waals surface area contributed by atoms with Crippen molar-refractivity contribution in [1.29, 1.82) is 0 Å². The first-order valence-electron chi connectivity index (χ1n) is 10.1. The van der Waals surface area contributed by atoms with Gasteiger partial charge in [-0.2, -0.15) is 0 Å². The first-order chi connectivity index (χ1) is 15.2.